The van der Waals surface area contributed by atoms with Crippen LogP contribution in [0.5, 0.6) is 5.75 Å². The fourth-order valence-corrected chi connectivity index (χ4v) is 5.17. The van der Waals surface area contributed by atoms with E-state index in [1.165, 1.54) is 5.56 Å². The Kier molecular flexibility index (Phi) is 6.03. The predicted molar refractivity (Wildman–Crippen MR) is 165 cm³/mol. The highest BCUT2D eigenvalue weighted by Gasteiger charge is 2.23. The molecule has 0 bridgehead atoms. The van der Waals surface area contributed by atoms with Gasteiger partial charge in [-0.25, -0.2) is 4.98 Å². The van der Waals surface area contributed by atoms with Crippen LogP contribution in [-0.2, 0) is 10.8 Å². The Bertz CT molecular complexity index is 1880. The van der Waals surface area contributed by atoms with Gasteiger partial charge in [0.2, 0.25) is 5.89 Å². The van der Waals surface area contributed by atoms with Gasteiger partial charge in [0.25, 0.3) is 0 Å². The third-order valence-corrected chi connectivity index (χ3v) is 7.57. The van der Waals surface area contributed by atoms with E-state index in [-0.39, 0.29) is 16.6 Å². The summed E-state index contributed by atoms with van der Waals surface area (Å²) in [7, 11) is 0. The molecule has 0 radical (unpaired) electrons. The molecule has 0 fully saturated rings. The van der Waals surface area contributed by atoms with E-state index in [0.29, 0.717) is 17.0 Å². The number of phenolic OH excluding ortho intramolecular Hbond substituents is 1. The summed E-state index contributed by atoms with van der Waals surface area (Å²) in [6.45, 7) is 13.3. The molecule has 0 spiro atoms. The number of oxazole rings is 1. The van der Waals surface area contributed by atoms with Crippen LogP contribution in [0.2, 0.25) is 0 Å². The van der Waals surface area contributed by atoms with E-state index < -0.39 is 0 Å². The maximum Gasteiger partial charge on any atom is 0.231 e. The topological polar surface area (TPSA) is 59.2 Å². The van der Waals surface area contributed by atoms with Crippen molar-refractivity contribution in [3.63, 3.8) is 0 Å². The van der Waals surface area contributed by atoms with Crippen LogP contribution >= 0.6 is 0 Å². The first-order chi connectivity index (χ1) is 19.0. The van der Waals surface area contributed by atoms with E-state index in [1.54, 1.807) is 12.1 Å². The van der Waals surface area contributed by atoms with Crippen LogP contribution in [0, 0.1) is 0 Å². The molecule has 0 aliphatic rings. The molecule has 2 heterocycles. The van der Waals surface area contributed by atoms with Gasteiger partial charge in [-0.2, -0.15) is 0 Å². The Balaban J connectivity index is 1.66. The van der Waals surface area contributed by atoms with Crippen LogP contribution in [0.15, 0.2) is 95.5 Å². The smallest absolute Gasteiger partial charge is 0.231 e. The Labute approximate surface area is 235 Å². The quantitative estimate of drug-likeness (QED) is 0.249. The molecule has 4 heteroatoms. The molecule has 0 amide bonds. The standard InChI is InChI=1S/C36H34N2O2/c1-35(2,3)24-15-16-37-30(20-24)23-17-22-11-7-8-12-26(22)28(18-23)29-19-25(36(4,5)6)21-32-33(29)38-34(40-32)27-13-9-10-14-31(27)39/h7-21,39H,1-6H3. The number of pyridine rings is 1. The van der Waals surface area contributed by atoms with Crippen LogP contribution in [0.3, 0.4) is 0 Å². The third-order valence-electron chi connectivity index (χ3n) is 7.57. The monoisotopic (exact) mass is 526 g/mol. The van der Waals surface area contributed by atoms with Crippen LogP contribution in [0.25, 0.3) is 55.7 Å². The van der Waals surface area contributed by atoms with Gasteiger partial charge in [-0.05, 0) is 86.8 Å². The predicted octanol–water partition coefficient (Wildman–Crippen LogP) is 9.68. The Morgan fingerprint density at radius 2 is 1.40 bits per heavy atom. The Morgan fingerprint density at radius 1 is 0.675 bits per heavy atom. The van der Waals surface area contributed by atoms with Crippen LogP contribution in [0.4, 0.5) is 0 Å². The highest BCUT2D eigenvalue weighted by molar-refractivity contribution is 6.05. The second-order valence-electron chi connectivity index (χ2n) is 12.6. The van der Waals surface area contributed by atoms with Crippen molar-refractivity contribution in [3.05, 3.63) is 102 Å². The summed E-state index contributed by atoms with van der Waals surface area (Å²) in [5, 5.41) is 12.8. The van der Waals surface area contributed by atoms with Gasteiger partial charge < -0.3 is 9.52 Å². The van der Waals surface area contributed by atoms with E-state index >= 15 is 0 Å². The number of aromatic nitrogens is 2. The molecule has 0 aliphatic heterocycles. The normalized spacial score (nSPS) is 12.3. The fraction of sp³-hybridized carbons (Fsp3) is 0.222. The Morgan fingerprint density at radius 3 is 2.15 bits per heavy atom. The molecule has 0 saturated carbocycles. The van der Waals surface area contributed by atoms with Crippen LogP contribution in [-0.4, -0.2) is 15.1 Å². The zero-order chi connectivity index (χ0) is 28.2. The first kappa shape index (κ1) is 25.8. The summed E-state index contributed by atoms with van der Waals surface area (Å²) in [6, 6.07) is 28.7. The minimum absolute atomic E-state index is 0.0185. The Hall–Kier alpha value is -4.44. The molecule has 200 valence electrons. The van der Waals surface area contributed by atoms with E-state index in [1.807, 2.05) is 18.3 Å². The highest BCUT2D eigenvalue weighted by Crippen LogP contribution is 2.42. The molecule has 0 unspecified atom stereocenters. The fourth-order valence-electron chi connectivity index (χ4n) is 5.17. The molecule has 6 aromatic rings. The van der Waals surface area contributed by atoms with Crippen molar-refractivity contribution >= 4 is 21.9 Å². The average Bonchev–Trinajstić information content (AvgIpc) is 3.35. The number of rotatable bonds is 3. The van der Waals surface area contributed by atoms with Crippen molar-refractivity contribution in [1.29, 1.82) is 0 Å². The number of fused-ring (bicyclic) bond motifs is 2. The average molecular weight is 527 g/mol. The van der Waals surface area contributed by atoms with Crippen molar-refractivity contribution < 1.29 is 9.52 Å². The molecule has 0 atom stereocenters. The molecule has 2 aromatic heterocycles. The molecule has 4 nitrogen and oxygen atoms in total. The lowest BCUT2D eigenvalue weighted by molar-refractivity contribution is 0.474. The van der Waals surface area contributed by atoms with Gasteiger partial charge in [0.05, 0.1) is 11.3 Å². The molecule has 6 rings (SSSR count). The van der Waals surface area contributed by atoms with Crippen molar-refractivity contribution in [3.8, 4) is 39.6 Å². The zero-order valence-electron chi connectivity index (χ0n) is 23.9. The van der Waals surface area contributed by atoms with Crippen molar-refractivity contribution in [1.82, 2.24) is 9.97 Å². The molecular formula is C36H34N2O2. The summed E-state index contributed by atoms with van der Waals surface area (Å²) in [5.41, 5.74) is 8.41. The highest BCUT2D eigenvalue weighted by atomic mass is 16.3. The lowest BCUT2D eigenvalue weighted by atomic mass is 9.84. The summed E-state index contributed by atoms with van der Waals surface area (Å²) in [4.78, 5) is 9.73. The van der Waals surface area contributed by atoms with E-state index in [0.717, 1.165) is 44.2 Å². The molecule has 40 heavy (non-hydrogen) atoms. The van der Waals surface area contributed by atoms with Gasteiger partial charge in [0, 0.05) is 17.3 Å². The zero-order valence-corrected chi connectivity index (χ0v) is 23.9. The summed E-state index contributed by atoms with van der Waals surface area (Å²) < 4.78 is 6.33. The van der Waals surface area contributed by atoms with Crippen molar-refractivity contribution in [2.75, 3.05) is 0 Å². The van der Waals surface area contributed by atoms with E-state index in [4.69, 9.17) is 14.4 Å². The molecule has 1 N–H and O–H groups in total. The van der Waals surface area contributed by atoms with Gasteiger partial charge in [0.1, 0.15) is 11.3 Å². The maximum atomic E-state index is 10.5. The lowest BCUT2D eigenvalue weighted by Gasteiger charge is -2.21. The minimum atomic E-state index is -0.110. The van der Waals surface area contributed by atoms with Gasteiger partial charge in [0.15, 0.2) is 5.58 Å². The van der Waals surface area contributed by atoms with Crippen LogP contribution in [0.1, 0.15) is 52.7 Å². The van der Waals surface area contributed by atoms with Gasteiger partial charge in [-0.15, -0.1) is 0 Å². The number of hydrogen-bond donors (Lipinski definition) is 1. The van der Waals surface area contributed by atoms with Gasteiger partial charge >= 0.3 is 0 Å². The summed E-state index contributed by atoms with van der Waals surface area (Å²) in [5.74, 6) is 0.546. The van der Waals surface area contributed by atoms with Crippen molar-refractivity contribution in [2.45, 2.75) is 52.4 Å². The van der Waals surface area contributed by atoms with Crippen LogP contribution < -0.4 is 0 Å². The first-order valence-corrected chi connectivity index (χ1v) is 13.7. The summed E-state index contributed by atoms with van der Waals surface area (Å²) in [6.07, 6.45) is 1.90. The number of benzene rings is 4. The number of para-hydroxylation sites is 1. The lowest BCUT2D eigenvalue weighted by Crippen LogP contribution is -2.11. The SMILES string of the molecule is CC(C)(C)c1ccnc(-c2cc(-c3cc(C(C)(C)C)cc4oc(-c5ccccc5O)nc34)c3ccccc3c2)c1. The van der Waals surface area contributed by atoms with E-state index in [2.05, 4.69) is 102 Å². The number of nitrogens with zero attached hydrogens (tertiary/aromatic N) is 2. The number of aromatic hydroxyl groups is 1. The van der Waals surface area contributed by atoms with Crippen molar-refractivity contribution in [2.24, 2.45) is 0 Å². The largest absolute Gasteiger partial charge is 0.507 e. The maximum absolute atomic E-state index is 10.5. The van der Waals surface area contributed by atoms with E-state index in [9.17, 15) is 5.11 Å². The molecule has 0 saturated heterocycles. The summed E-state index contributed by atoms with van der Waals surface area (Å²) >= 11 is 0. The molecule has 0 aliphatic carbocycles. The first-order valence-electron chi connectivity index (χ1n) is 13.7. The second-order valence-corrected chi connectivity index (χ2v) is 12.6. The number of phenols is 1. The number of hydrogen-bond acceptors (Lipinski definition) is 4. The van der Waals surface area contributed by atoms with Gasteiger partial charge in [-0.1, -0.05) is 77.9 Å². The third kappa shape index (κ3) is 4.64. The second kappa shape index (κ2) is 9.34. The minimum Gasteiger partial charge on any atom is -0.507 e. The molecule has 4 aromatic carbocycles. The molecular weight excluding hydrogens is 492 g/mol. The van der Waals surface area contributed by atoms with Gasteiger partial charge in [-0.3, -0.25) is 4.98 Å².